The van der Waals surface area contributed by atoms with Crippen molar-refractivity contribution in [3.05, 3.63) is 227 Å². The van der Waals surface area contributed by atoms with Gasteiger partial charge in [0.25, 0.3) is 0 Å². The van der Waals surface area contributed by atoms with Crippen molar-refractivity contribution < 1.29 is 144 Å². The SMILES string of the molecule is C.C.Cc1cc(C)[n+](F)c(C)c1.Cc1cc(C)[n+](F)c(C)c1.FB(F)F.FB(F)F.FB(F)F.FN(c1ccccc1)c1ccccc1.F[N+]12CC[N+](CCl)(CC1)CC2.F[n+]1c(Cl)cccc1Cl.F[n+]1ccccc1.F[n+]1ccccc1-c1cccc[n+]1F.O=S=O.O=S=O.[F-].[F-].[F-]. The molecular formula is C57H70B3Cl3F20N9O4S2+5. The molecule has 6 aromatic heterocycles. The fourth-order valence-electron chi connectivity index (χ4n) is 7.53. The van der Waals surface area contributed by atoms with Crippen LogP contribution in [0.4, 0.5) is 86.1 Å². The first-order valence-electron chi connectivity index (χ1n) is 26.1. The van der Waals surface area contributed by atoms with Crippen molar-refractivity contribution in [1.29, 1.82) is 0 Å². The van der Waals surface area contributed by atoms with Crippen LogP contribution in [0.5, 0.6) is 0 Å². The maximum absolute atomic E-state index is 13.7. The number of piperazine rings is 3. The molecule has 0 amide bonds. The van der Waals surface area contributed by atoms with Crippen molar-refractivity contribution in [2.75, 3.05) is 50.4 Å². The molecule has 544 valence electrons. The summed E-state index contributed by atoms with van der Waals surface area (Å²) < 4.78 is 224. The van der Waals surface area contributed by atoms with E-state index < -0.39 is 45.8 Å². The summed E-state index contributed by atoms with van der Waals surface area (Å²) in [5.74, 6) is 0. The number of para-hydroxylation sites is 2. The van der Waals surface area contributed by atoms with Gasteiger partial charge in [0.2, 0.25) is 47.6 Å². The fourth-order valence-corrected chi connectivity index (χ4v) is 8.26. The van der Waals surface area contributed by atoms with Gasteiger partial charge in [0.05, 0.1) is 43.1 Å². The van der Waals surface area contributed by atoms with Crippen LogP contribution in [-0.2, 0) is 23.1 Å². The summed E-state index contributed by atoms with van der Waals surface area (Å²) in [6, 6.07) is 44.6. The van der Waals surface area contributed by atoms with E-state index in [4.69, 9.17) is 51.6 Å². The molecule has 98 heavy (non-hydrogen) atoms. The van der Waals surface area contributed by atoms with Gasteiger partial charge < -0.3 is 14.1 Å². The lowest BCUT2D eigenvalue weighted by Gasteiger charge is -2.48. The summed E-state index contributed by atoms with van der Waals surface area (Å²) in [4.78, 5) is 2.83. The number of halogens is 23. The summed E-state index contributed by atoms with van der Waals surface area (Å²) in [5, 5.41) is 0.616. The zero-order valence-electron chi connectivity index (χ0n) is 51.2. The standard InChI is InChI=1S/C12H10FN.C10H8F2N2.2C8H11FN.C7H14ClFN2.C5H3Cl2FN.C5H5FN.2CH4.3BF3.3FH.2O2S/c13-14(11-7-3-1-4-8-11)12-9-5-2-6-10-12;11-13-7-3-1-5-9(13)10-6-2-4-8-14(10)12;2*1-6-4-7(2)10(9)8(3)5-6;8-7-10-1-4-11(9,5-2-10)6-3-10;6-4-2-1-3-5(7)9(4)8;6-7-4-2-1-3-5-7;;;3*2-1(3)4;;;;2*1-3-2/h1-10H;1-8H;2*4-5H,1-3H3;1-7H2;1-3H;1-5H;2*1H4;;;;3*1H;;/q;+2;2*+1;+2;2*+1;;;;;;;;;;/p-3. The van der Waals surface area contributed by atoms with Crippen LogP contribution in [0, 0.1) is 41.5 Å². The highest BCUT2D eigenvalue weighted by Gasteiger charge is 2.50. The first-order valence-corrected chi connectivity index (χ1v) is 28.8. The summed E-state index contributed by atoms with van der Waals surface area (Å²) in [7, 11) is -11.0. The number of nitrogens with zero attached hydrogens (tertiary/aromatic N) is 9. The molecule has 0 saturated carbocycles. The molecule has 9 heterocycles. The Morgan fingerprint density at radius 1 is 0.429 bits per heavy atom. The normalized spacial score (nSPS) is 13.0. The van der Waals surface area contributed by atoms with E-state index in [-0.39, 0.29) is 60.2 Å². The molecule has 0 N–H and O–H groups in total. The molecule has 11 rings (SSSR count). The van der Waals surface area contributed by atoms with Gasteiger partial charge in [-0.05, 0) is 95.1 Å². The number of quaternary nitrogens is 2. The minimum Gasteiger partial charge on any atom is -1.00 e. The molecule has 13 nitrogen and oxygen atoms in total. The van der Waals surface area contributed by atoms with Gasteiger partial charge in [0.15, 0.2) is 25.6 Å². The third-order valence-electron chi connectivity index (χ3n) is 11.5. The second-order valence-corrected chi connectivity index (χ2v) is 19.6. The van der Waals surface area contributed by atoms with Gasteiger partial charge in [-0.15, -0.1) is 4.71 Å². The maximum Gasteiger partial charge on any atom is 0.762 e. The molecule has 0 unspecified atom stereocenters. The molecule has 41 heteroatoms. The topological polar surface area (TPSA) is 94.8 Å². The number of aromatic nitrogens is 6. The van der Waals surface area contributed by atoms with Gasteiger partial charge >= 0.3 is 67.5 Å². The third-order valence-corrected chi connectivity index (χ3v) is 12.6. The zero-order chi connectivity index (χ0) is 71.3. The van der Waals surface area contributed by atoms with Crippen molar-refractivity contribution in [1.82, 2.24) is 0 Å². The van der Waals surface area contributed by atoms with Crippen LogP contribution in [0.3, 0.4) is 0 Å². The smallest absolute Gasteiger partial charge is 0.762 e. The van der Waals surface area contributed by atoms with E-state index in [1.54, 1.807) is 88.4 Å². The highest BCUT2D eigenvalue weighted by molar-refractivity contribution is 7.52. The van der Waals surface area contributed by atoms with Crippen LogP contribution in [0.25, 0.3) is 11.4 Å². The Bertz CT molecular complexity index is 3190. The van der Waals surface area contributed by atoms with E-state index in [2.05, 4.69) is 0 Å². The maximum atomic E-state index is 13.7. The Hall–Kier alpha value is -7.64. The van der Waals surface area contributed by atoms with E-state index in [1.165, 1.54) is 61.2 Å². The number of anilines is 2. The van der Waals surface area contributed by atoms with Crippen LogP contribution in [0.2, 0.25) is 10.3 Å². The zero-order valence-corrected chi connectivity index (χ0v) is 55.1. The third kappa shape index (κ3) is 46.6. The van der Waals surface area contributed by atoms with Crippen LogP contribution < -0.4 is 48.0 Å². The second kappa shape index (κ2) is 58.3. The number of aryl methyl sites for hydroxylation is 6. The predicted octanol–water partition coefficient (Wildman–Crippen LogP) is 5.40. The van der Waals surface area contributed by atoms with E-state index in [0.29, 0.717) is 88.9 Å². The Kier molecular flexibility index (Phi) is 61.8. The Morgan fingerprint density at radius 3 is 0.918 bits per heavy atom. The molecular weight excluding hydrogens is 1460 g/mol. The number of benzene rings is 2. The van der Waals surface area contributed by atoms with Gasteiger partial charge in [0, 0.05) is 124 Å². The lowest BCUT2D eigenvalue weighted by Crippen LogP contribution is -3.00. The van der Waals surface area contributed by atoms with E-state index in [1.807, 2.05) is 74.5 Å². The molecule has 3 aliphatic heterocycles. The van der Waals surface area contributed by atoms with Crippen molar-refractivity contribution in [3.8, 4) is 11.4 Å². The van der Waals surface area contributed by atoms with E-state index in [9.17, 15) is 74.7 Å². The first kappa shape index (κ1) is 104. The molecule has 0 spiro atoms. The molecule has 8 aromatic rings. The summed E-state index contributed by atoms with van der Waals surface area (Å²) >= 11 is 15.0. The minimum atomic E-state index is -3.67. The van der Waals surface area contributed by atoms with Gasteiger partial charge in [-0.25, -0.2) is 0 Å². The Labute approximate surface area is 577 Å². The number of rotatable bonds is 4. The lowest BCUT2D eigenvalue weighted by molar-refractivity contribution is -1.15. The van der Waals surface area contributed by atoms with Crippen molar-refractivity contribution >= 4 is 92.0 Å². The first-order chi connectivity index (χ1) is 43.7. The molecule has 0 atom stereocenters. The molecule has 0 aliphatic carbocycles. The molecule has 3 saturated heterocycles. The minimum absolute atomic E-state index is 0. The number of fused-ring (bicyclic) bond motifs is 3. The average molecular weight is 1530 g/mol. The lowest BCUT2D eigenvalue weighted by atomic mass is 10.2. The average Bonchev–Trinajstić information content (AvgIpc) is 0.780. The Balaban J connectivity index is -0.000000189. The van der Waals surface area contributed by atoms with Crippen LogP contribution in [0.1, 0.15) is 48.8 Å². The molecule has 0 radical (unpaired) electrons. The highest BCUT2D eigenvalue weighted by atomic mass is 35.5. The van der Waals surface area contributed by atoms with Gasteiger partial charge in [0.1, 0.15) is 19.6 Å². The number of pyridine rings is 6. The number of hydrogen-bond acceptors (Lipinski definition) is 5. The monoisotopic (exact) mass is 1530 g/mol. The van der Waals surface area contributed by atoms with Gasteiger partial charge in [-0.1, -0.05) is 73.4 Å². The van der Waals surface area contributed by atoms with Crippen molar-refractivity contribution in [3.63, 3.8) is 0 Å². The van der Waals surface area contributed by atoms with E-state index in [0.717, 1.165) is 35.2 Å². The predicted molar refractivity (Wildman–Crippen MR) is 333 cm³/mol. The quantitative estimate of drug-likeness (QED) is 0.0448. The summed E-state index contributed by atoms with van der Waals surface area (Å²) in [6.45, 7) is 15.7. The van der Waals surface area contributed by atoms with E-state index >= 15 is 0 Å². The van der Waals surface area contributed by atoms with Crippen LogP contribution >= 0.6 is 34.8 Å². The molecule has 3 aliphatic rings. The van der Waals surface area contributed by atoms with Crippen molar-refractivity contribution in [2.24, 2.45) is 0 Å². The Morgan fingerprint density at radius 2 is 0.684 bits per heavy atom. The van der Waals surface area contributed by atoms with Gasteiger partial charge in [-0.3, -0.25) is 43.3 Å². The van der Waals surface area contributed by atoms with Crippen molar-refractivity contribution in [2.45, 2.75) is 56.4 Å². The molecule has 2 aromatic carbocycles. The van der Waals surface area contributed by atoms with Gasteiger partial charge in [-0.2, -0.15) is 22.0 Å². The second-order valence-electron chi connectivity index (χ2n) is 18.3. The highest BCUT2D eigenvalue weighted by Crippen LogP contribution is 2.27. The molecule has 3 fully saturated rings. The number of alkyl halides is 1. The van der Waals surface area contributed by atoms with Crippen LogP contribution in [0.15, 0.2) is 183 Å². The summed E-state index contributed by atoms with van der Waals surface area (Å²) in [6.07, 6.45) is 5.12. The van der Waals surface area contributed by atoms with Crippen LogP contribution in [-0.4, -0.2) is 93.9 Å². The largest absolute Gasteiger partial charge is 1.00 e. The molecule has 2 bridgehead atoms. The number of hydrogen-bond donors (Lipinski definition) is 0. The fraction of sp³-hybridized carbons (Fsp3) is 0.263. The summed E-state index contributed by atoms with van der Waals surface area (Å²) in [5.41, 5.74) is 6.24.